The number of hydrazone groups is 1. The monoisotopic (exact) mass is 328 g/mol. The summed E-state index contributed by atoms with van der Waals surface area (Å²) in [7, 11) is 0. The first-order valence-electron chi connectivity index (χ1n) is 6.29. The zero-order chi connectivity index (χ0) is 17.0. The predicted molar refractivity (Wildman–Crippen MR) is 72.1 cm³/mol. The zero-order valence-electron chi connectivity index (χ0n) is 11.4. The lowest BCUT2D eigenvalue weighted by atomic mass is 10.1. The lowest BCUT2D eigenvalue weighted by molar-refractivity contribution is -0.120. The maximum absolute atomic E-state index is 13.3. The molecule has 2 rings (SSSR count). The molecule has 8 heteroatoms. The van der Waals surface area contributed by atoms with Gasteiger partial charge in [0.25, 0.3) is 0 Å². The van der Waals surface area contributed by atoms with Crippen LogP contribution in [0.1, 0.15) is 11.1 Å². The molecule has 0 aliphatic heterocycles. The summed E-state index contributed by atoms with van der Waals surface area (Å²) >= 11 is 0. The van der Waals surface area contributed by atoms with Crippen molar-refractivity contribution in [3.8, 4) is 0 Å². The summed E-state index contributed by atoms with van der Waals surface area (Å²) in [6.45, 7) is 0. The molecule has 23 heavy (non-hydrogen) atoms. The highest BCUT2D eigenvalue weighted by Gasteiger charge is 2.24. The van der Waals surface area contributed by atoms with E-state index in [1.54, 1.807) is 30.3 Å². The molecule has 0 saturated heterocycles. The molecule has 0 spiro atoms. The molecule has 0 heterocycles. The number of halogens is 5. The van der Waals surface area contributed by atoms with Crippen molar-refractivity contribution >= 4 is 12.1 Å². The molecule has 0 radical (unpaired) electrons. The number of amides is 1. The minimum absolute atomic E-state index is 0.0602. The van der Waals surface area contributed by atoms with Crippen molar-refractivity contribution in [3.05, 3.63) is 70.5 Å². The number of hydrogen-bond acceptors (Lipinski definition) is 2. The molecule has 2 aromatic carbocycles. The summed E-state index contributed by atoms with van der Waals surface area (Å²) in [5.41, 5.74) is 1.37. The average Bonchev–Trinajstić information content (AvgIpc) is 2.55. The summed E-state index contributed by atoms with van der Waals surface area (Å²) in [4.78, 5) is 11.5. The summed E-state index contributed by atoms with van der Waals surface area (Å²) in [5, 5.41) is 3.21. The van der Waals surface area contributed by atoms with Gasteiger partial charge in [-0.25, -0.2) is 27.4 Å². The molecule has 0 aliphatic rings. The van der Waals surface area contributed by atoms with Gasteiger partial charge in [-0.15, -0.1) is 0 Å². The van der Waals surface area contributed by atoms with Crippen molar-refractivity contribution in [2.75, 3.05) is 0 Å². The average molecular weight is 328 g/mol. The molecule has 0 saturated carbocycles. The Hall–Kier alpha value is -2.77. The standard InChI is InChI=1S/C15H9F5N2O/c16-11-9(12(17)14(19)15(20)13(11)18)7-21-22-10(23)6-8-4-2-1-3-5-8/h1-5,7H,6H2,(H,22,23)/b21-7+. The molecule has 0 unspecified atom stereocenters. The summed E-state index contributed by atoms with van der Waals surface area (Å²) in [6, 6.07) is 8.52. The second kappa shape index (κ2) is 6.99. The minimum Gasteiger partial charge on any atom is -0.273 e. The number of hydrogen-bond donors (Lipinski definition) is 1. The van der Waals surface area contributed by atoms with Crippen LogP contribution in [0.25, 0.3) is 0 Å². The summed E-state index contributed by atoms with van der Waals surface area (Å²) in [6.07, 6.45) is 0.300. The Morgan fingerprint density at radius 2 is 1.43 bits per heavy atom. The van der Waals surface area contributed by atoms with Gasteiger partial charge in [0.1, 0.15) is 0 Å². The van der Waals surface area contributed by atoms with Crippen molar-refractivity contribution in [2.45, 2.75) is 6.42 Å². The van der Waals surface area contributed by atoms with Gasteiger partial charge < -0.3 is 0 Å². The van der Waals surface area contributed by atoms with Gasteiger partial charge in [0.2, 0.25) is 11.7 Å². The number of rotatable bonds is 4. The maximum Gasteiger partial charge on any atom is 0.244 e. The topological polar surface area (TPSA) is 41.5 Å². The van der Waals surface area contributed by atoms with Gasteiger partial charge in [0.05, 0.1) is 18.2 Å². The Morgan fingerprint density at radius 1 is 0.913 bits per heavy atom. The van der Waals surface area contributed by atoms with Crippen LogP contribution in [-0.2, 0) is 11.2 Å². The number of benzene rings is 2. The molecule has 0 bridgehead atoms. The van der Waals surface area contributed by atoms with Crippen LogP contribution in [0, 0.1) is 29.1 Å². The molecular formula is C15H9F5N2O. The third kappa shape index (κ3) is 3.71. The Kier molecular flexibility index (Phi) is 5.05. The van der Waals surface area contributed by atoms with Crippen LogP contribution in [0.5, 0.6) is 0 Å². The van der Waals surface area contributed by atoms with Crippen LogP contribution in [-0.4, -0.2) is 12.1 Å². The first-order valence-corrected chi connectivity index (χ1v) is 6.29. The fourth-order valence-corrected chi connectivity index (χ4v) is 1.72. The van der Waals surface area contributed by atoms with Gasteiger partial charge in [-0.2, -0.15) is 5.10 Å². The Labute approximate surface area is 127 Å². The third-order valence-corrected chi connectivity index (χ3v) is 2.83. The van der Waals surface area contributed by atoms with E-state index in [1.807, 2.05) is 5.43 Å². The van der Waals surface area contributed by atoms with Crippen LogP contribution in [0.2, 0.25) is 0 Å². The molecule has 1 N–H and O–H groups in total. The smallest absolute Gasteiger partial charge is 0.244 e. The predicted octanol–water partition coefficient (Wildman–Crippen LogP) is 3.07. The van der Waals surface area contributed by atoms with Gasteiger partial charge in [0, 0.05) is 0 Å². The van der Waals surface area contributed by atoms with E-state index in [4.69, 9.17) is 0 Å². The molecule has 0 atom stereocenters. The highest BCUT2D eigenvalue weighted by Crippen LogP contribution is 2.21. The van der Waals surface area contributed by atoms with Gasteiger partial charge in [-0.05, 0) is 5.56 Å². The molecule has 0 fully saturated rings. The van der Waals surface area contributed by atoms with Gasteiger partial charge in [-0.1, -0.05) is 30.3 Å². The van der Waals surface area contributed by atoms with Gasteiger partial charge >= 0.3 is 0 Å². The first kappa shape index (κ1) is 16.6. The van der Waals surface area contributed by atoms with Crippen molar-refractivity contribution in [3.63, 3.8) is 0 Å². The van der Waals surface area contributed by atoms with E-state index in [-0.39, 0.29) is 6.42 Å². The second-order valence-corrected chi connectivity index (χ2v) is 4.44. The van der Waals surface area contributed by atoms with Crippen molar-refractivity contribution in [1.29, 1.82) is 0 Å². The molecule has 0 aromatic heterocycles. The van der Waals surface area contributed by atoms with E-state index in [9.17, 15) is 26.7 Å². The number of nitrogens with one attached hydrogen (secondary N) is 1. The molecule has 3 nitrogen and oxygen atoms in total. The number of nitrogens with zero attached hydrogens (tertiary/aromatic N) is 1. The van der Waals surface area contributed by atoms with Crippen LogP contribution in [0.15, 0.2) is 35.4 Å². The summed E-state index contributed by atoms with van der Waals surface area (Å²) < 4.78 is 65.5. The third-order valence-electron chi connectivity index (χ3n) is 2.83. The van der Waals surface area contributed by atoms with E-state index in [2.05, 4.69) is 5.10 Å². The Morgan fingerprint density at radius 3 is 2.00 bits per heavy atom. The van der Waals surface area contributed by atoms with Crippen molar-refractivity contribution < 1.29 is 26.7 Å². The summed E-state index contributed by atoms with van der Waals surface area (Å²) in [5.74, 6) is -11.1. The quantitative estimate of drug-likeness (QED) is 0.303. The van der Waals surface area contributed by atoms with Crippen LogP contribution < -0.4 is 5.43 Å². The second-order valence-electron chi connectivity index (χ2n) is 4.44. The molecule has 2 aromatic rings. The van der Waals surface area contributed by atoms with Crippen LogP contribution in [0.4, 0.5) is 22.0 Å². The van der Waals surface area contributed by atoms with Crippen LogP contribution in [0.3, 0.4) is 0 Å². The lowest BCUT2D eigenvalue weighted by Crippen LogP contribution is -2.20. The van der Waals surface area contributed by atoms with Crippen molar-refractivity contribution in [2.24, 2.45) is 5.10 Å². The molecule has 1 amide bonds. The number of carbonyl (C=O) groups excluding carboxylic acids is 1. The Balaban J connectivity index is 2.11. The Bertz CT molecular complexity index is 733. The van der Waals surface area contributed by atoms with E-state index in [1.165, 1.54) is 0 Å². The largest absolute Gasteiger partial charge is 0.273 e. The fourth-order valence-electron chi connectivity index (χ4n) is 1.72. The molecule has 0 aliphatic carbocycles. The minimum atomic E-state index is -2.26. The van der Waals surface area contributed by atoms with E-state index in [0.717, 1.165) is 0 Å². The first-order chi connectivity index (χ1) is 10.9. The number of carbonyl (C=O) groups is 1. The van der Waals surface area contributed by atoms with E-state index >= 15 is 0 Å². The molecular weight excluding hydrogens is 319 g/mol. The SMILES string of the molecule is O=C(Cc1ccccc1)N/N=C/c1c(F)c(F)c(F)c(F)c1F. The van der Waals surface area contributed by atoms with Gasteiger partial charge in [-0.3, -0.25) is 4.79 Å². The van der Waals surface area contributed by atoms with Crippen LogP contribution >= 0.6 is 0 Å². The van der Waals surface area contributed by atoms with E-state index in [0.29, 0.717) is 11.8 Å². The lowest BCUT2D eigenvalue weighted by Gasteiger charge is -2.04. The normalized spacial score (nSPS) is 11.0. The maximum atomic E-state index is 13.3. The highest BCUT2D eigenvalue weighted by molar-refractivity contribution is 5.83. The van der Waals surface area contributed by atoms with Gasteiger partial charge in [0.15, 0.2) is 23.3 Å². The zero-order valence-corrected chi connectivity index (χ0v) is 11.4. The molecule has 120 valence electrons. The fraction of sp³-hybridized carbons (Fsp3) is 0.0667. The van der Waals surface area contributed by atoms with Crippen molar-refractivity contribution in [1.82, 2.24) is 5.43 Å². The highest BCUT2D eigenvalue weighted by atomic mass is 19.2. The van der Waals surface area contributed by atoms with E-state index < -0.39 is 40.6 Å².